The van der Waals surface area contributed by atoms with Crippen LogP contribution in [0, 0.1) is 10.1 Å². The zero-order valence-electron chi connectivity index (χ0n) is 10.9. The third-order valence-electron chi connectivity index (χ3n) is 3.20. The van der Waals surface area contributed by atoms with Gasteiger partial charge in [-0.15, -0.1) is 0 Å². The molecular weight excluding hydrogens is 320 g/mol. The highest BCUT2D eigenvalue weighted by Gasteiger charge is 2.26. The molecule has 2 rings (SSSR count). The van der Waals surface area contributed by atoms with E-state index in [-0.39, 0.29) is 27.8 Å². The number of rotatable bonds is 3. The number of sulfone groups is 1. The molecule has 0 spiro atoms. The van der Waals surface area contributed by atoms with Crippen LogP contribution < -0.4 is 5.32 Å². The number of nitro groups is 1. The van der Waals surface area contributed by atoms with Crippen molar-refractivity contribution in [1.82, 2.24) is 5.32 Å². The highest BCUT2D eigenvalue weighted by atomic mass is 35.5. The first kappa shape index (κ1) is 15.7. The van der Waals surface area contributed by atoms with Crippen LogP contribution in [0.1, 0.15) is 23.2 Å². The van der Waals surface area contributed by atoms with Crippen LogP contribution in [0.15, 0.2) is 18.2 Å². The Bertz CT molecular complexity index is 689. The lowest BCUT2D eigenvalue weighted by atomic mass is 10.1. The van der Waals surface area contributed by atoms with E-state index < -0.39 is 26.7 Å². The van der Waals surface area contributed by atoms with Gasteiger partial charge in [0, 0.05) is 17.7 Å². The number of amides is 1. The van der Waals surface area contributed by atoms with Gasteiger partial charge in [0.1, 0.15) is 5.02 Å². The summed E-state index contributed by atoms with van der Waals surface area (Å²) in [6.45, 7) is 0. The molecule has 1 saturated heterocycles. The Morgan fingerprint density at radius 3 is 2.71 bits per heavy atom. The van der Waals surface area contributed by atoms with Crippen LogP contribution in [0.25, 0.3) is 0 Å². The Morgan fingerprint density at radius 1 is 1.43 bits per heavy atom. The highest BCUT2D eigenvalue weighted by molar-refractivity contribution is 7.91. The minimum atomic E-state index is -3.12. The quantitative estimate of drug-likeness (QED) is 0.667. The highest BCUT2D eigenvalue weighted by Crippen LogP contribution is 2.25. The minimum absolute atomic E-state index is 0.0839. The summed E-state index contributed by atoms with van der Waals surface area (Å²) < 4.78 is 23.0. The predicted octanol–water partition coefficient (Wildman–Crippen LogP) is 1.56. The van der Waals surface area contributed by atoms with Crippen molar-refractivity contribution in [3.63, 3.8) is 0 Å². The molecule has 1 unspecified atom stereocenters. The van der Waals surface area contributed by atoms with Gasteiger partial charge in [-0.05, 0) is 25.0 Å². The van der Waals surface area contributed by atoms with E-state index in [4.69, 9.17) is 11.6 Å². The maximum Gasteiger partial charge on any atom is 0.287 e. The van der Waals surface area contributed by atoms with E-state index in [1.165, 1.54) is 12.1 Å². The number of benzene rings is 1. The fourth-order valence-electron chi connectivity index (χ4n) is 2.20. The van der Waals surface area contributed by atoms with E-state index in [1.807, 2.05) is 0 Å². The van der Waals surface area contributed by atoms with Crippen molar-refractivity contribution in [2.45, 2.75) is 18.9 Å². The number of hydrogen-bond donors (Lipinski definition) is 1. The molecule has 0 saturated carbocycles. The normalized spacial score (nSPS) is 20.7. The number of nitrogens with zero attached hydrogens (tertiary/aromatic N) is 1. The van der Waals surface area contributed by atoms with Crippen LogP contribution in [0.4, 0.5) is 5.69 Å². The van der Waals surface area contributed by atoms with Crippen LogP contribution in [0.5, 0.6) is 0 Å². The number of halogens is 1. The van der Waals surface area contributed by atoms with Crippen LogP contribution in [0.3, 0.4) is 0 Å². The van der Waals surface area contributed by atoms with Crippen molar-refractivity contribution in [2.75, 3.05) is 11.5 Å². The SMILES string of the molecule is O=C(NC1CCCS(=O)(=O)C1)c1ccc([N+](=O)[O-])c(Cl)c1. The first-order chi connectivity index (χ1) is 9.78. The molecule has 1 aromatic carbocycles. The maximum absolute atomic E-state index is 12.0. The summed E-state index contributed by atoms with van der Waals surface area (Å²) in [5.41, 5.74) is -0.123. The van der Waals surface area contributed by atoms with E-state index in [2.05, 4.69) is 5.32 Å². The van der Waals surface area contributed by atoms with Gasteiger partial charge >= 0.3 is 0 Å². The Kier molecular flexibility index (Phi) is 4.48. The third-order valence-corrected chi connectivity index (χ3v) is 5.33. The Balaban J connectivity index is 2.10. The molecule has 0 bridgehead atoms. The molecule has 0 aliphatic carbocycles. The topological polar surface area (TPSA) is 106 Å². The van der Waals surface area contributed by atoms with Crippen LogP contribution in [-0.2, 0) is 9.84 Å². The fourth-order valence-corrected chi connectivity index (χ4v) is 4.09. The number of nitrogens with one attached hydrogen (secondary N) is 1. The van der Waals surface area contributed by atoms with E-state index >= 15 is 0 Å². The average molecular weight is 333 g/mol. The molecule has 1 heterocycles. The molecule has 1 aromatic rings. The smallest absolute Gasteiger partial charge is 0.287 e. The molecule has 0 aromatic heterocycles. The van der Waals surface area contributed by atoms with Crippen molar-refractivity contribution in [1.29, 1.82) is 0 Å². The molecular formula is C12H13ClN2O5S. The molecule has 1 atom stereocenters. The fraction of sp³-hybridized carbons (Fsp3) is 0.417. The number of hydrogen-bond acceptors (Lipinski definition) is 5. The van der Waals surface area contributed by atoms with Crippen LogP contribution in [0.2, 0.25) is 5.02 Å². The van der Waals surface area contributed by atoms with Gasteiger partial charge in [-0.2, -0.15) is 0 Å². The lowest BCUT2D eigenvalue weighted by molar-refractivity contribution is -0.384. The molecule has 1 fully saturated rings. The van der Waals surface area contributed by atoms with Gasteiger partial charge in [-0.1, -0.05) is 11.6 Å². The van der Waals surface area contributed by atoms with Gasteiger partial charge in [-0.25, -0.2) is 8.42 Å². The third kappa shape index (κ3) is 3.92. The van der Waals surface area contributed by atoms with Crippen molar-refractivity contribution in [2.24, 2.45) is 0 Å². The van der Waals surface area contributed by atoms with Gasteiger partial charge in [0.2, 0.25) is 0 Å². The zero-order valence-corrected chi connectivity index (χ0v) is 12.5. The summed E-state index contributed by atoms with van der Waals surface area (Å²) >= 11 is 5.74. The molecule has 9 heteroatoms. The Hall–Kier alpha value is -1.67. The van der Waals surface area contributed by atoms with E-state index in [1.54, 1.807) is 0 Å². The van der Waals surface area contributed by atoms with Crippen molar-refractivity contribution in [3.8, 4) is 0 Å². The first-order valence-electron chi connectivity index (χ1n) is 6.24. The van der Waals surface area contributed by atoms with E-state index in [9.17, 15) is 23.3 Å². The molecule has 21 heavy (non-hydrogen) atoms. The van der Waals surface area contributed by atoms with Crippen LogP contribution in [-0.4, -0.2) is 36.8 Å². The van der Waals surface area contributed by atoms with Gasteiger partial charge in [0.15, 0.2) is 9.84 Å². The number of nitro benzene ring substituents is 1. The Labute approximate surface area is 126 Å². The number of carbonyl (C=O) groups excluding carboxylic acids is 1. The zero-order chi connectivity index (χ0) is 15.6. The van der Waals surface area contributed by atoms with Gasteiger partial charge in [0.25, 0.3) is 11.6 Å². The van der Waals surface area contributed by atoms with Crippen molar-refractivity contribution >= 4 is 33.0 Å². The number of carbonyl (C=O) groups is 1. The molecule has 114 valence electrons. The summed E-state index contributed by atoms with van der Waals surface area (Å²) in [7, 11) is -3.12. The Morgan fingerprint density at radius 2 is 2.14 bits per heavy atom. The molecule has 1 amide bonds. The minimum Gasteiger partial charge on any atom is -0.348 e. The van der Waals surface area contributed by atoms with Crippen molar-refractivity contribution < 1.29 is 18.1 Å². The molecule has 1 N–H and O–H groups in total. The van der Waals surface area contributed by atoms with Crippen LogP contribution >= 0.6 is 11.6 Å². The van der Waals surface area contributed by atoms with Crippen molar-refractivity contribution in [3.05, 3.63) is 38.9 Å². The maximum atomic E-state index is 12.0. The molecule has 1 aliphatic heterocycles. The summed E-state index contributed by atoms with van der Waals surface area (Å²) in [5.74, 6) is -0.434. The monoisotopic (exact) mass is 332 g/mol. The second kappa shape index (κ2) is 5.98. The second-order valence-electron chi connectivity index (χ2n) is 4.85. The second-order valence-corrected chi connectivity index (χ2v) is 7.49. The summed E-state index contributed by atoms with van der Waals surface area (Å²) in [4.78, 5) is 22.0. The van der Waals surface area contributed by atoms with Gasteiger partial charge < -0.3 is 5.32 Å². The molecule has 1 aliphatic rings. The average Bonchev–Trinajstić information content (AvgIpc) is 2.36. The summed E-state index contributed by atoms with van der Waals surface area (Å²) in [5, 5.41) is 13.1. The summed E-state index contributed by atoms with van der Waals surface area (Å²) in [6, 6.07) is 3.20. The molecule has 7 nitrogen and oxygen atoms in total. The first-order valence-corrected chi connectivity index (χ1v) is 8.44. The van der Waals surface area contributed by atoms with Gasteiger partial charge in [-0.3, -0.25) is 14.9 Å². The summed E-state index contributed by atoms with van der Waals surface area (Å²) in [6.07, 6.45) is 1.10. The lowest BCUT2D eigenvalue weighted by Gasteiger charge is -2.23. The van der Waals surface area contributed by atoms with Gasteiger partial charge in [0.05, 0.1) is 16.4 Å². The molecule has 0 radical (unpaired) electrons. The largest absolute Gasteiger partial charge is 0.348 e. The predicted molar refractivity (Wildman–Crippen MR) is 77.2 cm³/mol. The van der Waals surface area contributed by atoms with E-state index in [0.717, 1.165) is 6.07 Å². The lowest BCUT2D eigenvalue weighted by Crippen LogP contribution is -2.43. The van der Waals surface area contributed by atoms with E-state index in [0.29, 0.717) is 12.8 Å². The standard InChI is InChI=1S/C12H13ClN2O5S/c13-10-6-8(3-4-11(10)15(17)18)12(16)14-9-2-1-5-21(19,20)7-9/h3-4,6,9H,1-2,5,7H2,(H,14,16).